The molecule has 4 rings (SSSR count). The lowest BCUT2D eigenvalue weighted by molar-refractivity contribution is -0.386. The maximum atomic E-state index is 12.8. The first-order chi connectivity index (χ1) is 15.9. The van der Waals surface area contributed by atoms with Gasteiger partial charge in [-0.05, 0) is 35.8 Å². The van der Waals surface area contributed by atoms with Gasteiger partial charge in [0.25, 0.3) is 5.91 Å². The standard InChI is InChI=1S/C25H21N3O5/c1-17-6-5-9-20(12-17)15-27-24(29)21(26-25(27)30)13-19-10-11-23(22(14-19)28(31)32)33-16-18-7-3-2-4-8-18/h2-14H,15-16H2,1H3,(H,26,30)/b21-13+. The van der Waals surface area contributed by atoms with E-state index in [0.717, 1.165) is 21.6 Å². The van der Waals surface area contributed by atoms with Crippen LogP contribution in [0, 0.1) is 17.0 Å². The first-order valence-corrected chi connectivity index (χ1v) is 10.3. The highest BCUT2D eigenvalue weighted by Crippen LogP contribution is 2.30. The second kappa shape index (κ2) is 9.35. The van der Waals surface area contributed by atoms with Crippen LogP contribution >= 0.6 is 0 Å². The van der Waals surface area contributed by atoms with Gasteiger partial charge in [0.1, 0.15) is 12.3 Å². The van der Waals surface area contributed by atoms with Gasteiger partial charge in [-0.2, -0.15) is 0 Å². The van der Waals surface area contributed by atoms with E-state index in [1.165, 1.54) is 18.2 Å². The van der Waals surface area contributed by atoms with Crippen molar-refractivity contribution in [3.8, 4) is 5.75 Å². The zero-order chi connectivity index (χ0) is 23.4. The quantitative estimate of drug-likeness (QED) is 0.249. The first-order valence-electron chi connectivity index (χ1n) is 10.3. The zero-order valence-electron chi connectivity index (χ0n) is 17.9. The molecule has 1 N–H and O–H groups in total. The number of imide groups is 1. The SMILES string of the molecule is Cc1cccc(CN2C(=O)N/C(=C/c3ccc(OCc4ccccc4)c([N+](=O)[O-])c3)C2=O)c1. The third-order valence-electron chi connectivity index (χ3n) is 5.11. The Balaban J connectivity index is 1.53. The highest BCUT2D eigenvalue weighted by molar-refractivity contribution is 6.13. The van der Waals surface area contributed by atoms with Crippen molar-refractivity contribution in [3.05, 3.63) is 111 Å². The monoisotopic (exact) mass is 443 g/mol. The van der Waals surface area contributed by atoms with Gasteiger partial charge in [0.05, 0.1) is 11.5 Å². The van der Waals surface area contributed by atoms with E-state index >= 15 is 0 Å². The minimum Gasteiger partial charge on any atom is -0.482 e. The molecule has 1 aliphatic rings. The number of carbonyl (C=O) groups excluding carboxylic acids is 2. The van der Waals surface area contributed by atoms with Gasteiger partial charge in [0.2, 0.25) is 0 Å². The summed E-state index contributed by atoms with van der Waals surface area (Å²) in [6.45, 7) is 2.25. The number of nitrogens with one attached hydrogen (secondary N) is 1. The predicted molar refractivity (Wildman–Crippen MR) is 122 cm³/mol. The Morgan fingerprint density at radius 1 is 1.00 bits per heavy atom. The van der Waals surface area contributed by atoms with Crippen molar-refractivity contribution in [1.82, 2.24) is 10.2 Å². The van der Waals surface area contributed by atoms with E-state index in [0.29, 0.717) is 5.56 Å². The Morgan fingerprint density at radius 2 is 1.76 bits per heavy atom. The average molecular weight is 443 g/mol. The highest BCUT2D eigenvalue weighted by Gasteiger charge is 2.33. The van der Waals surface area contributed by atoms with Crippen LogP contribution in [0.25, 0.3) is 6.08 Å². The molecule has 1 saturated heterocycles. The molecule has 0 radical (unpaired) electrons. The van der Waals surface area contributed by atoms with Gasteiger partial charge in [0.15, 0.2) is 5.75 Å². The van der Waals surface area contributed by atoms with E-state index in [-0.39, 0.29) is 30.3 Å². The third-order valence-corrected chi connectivity index (χ3v) is 5.11. The second-order valence-corrected chi connectivity index (χ2v) is 7.63. The van der Waals surface area contributed by atoms with E-state index in [9.17, 15) is 19.7 Å². The van der Waals surface area contributed by atoms with Crippen LogP contribution in [0.2, 0.25) is 0 Å². The van der Waals surface area contributed by atoms with Crippen LogP contribution in [0.15, 0.2) is 78.5 Å². The molecular formula is C25H21N3O5. The Hall–Kier alpha value is -4.46. The molecule has 0 spiro atoms. The van der Waals surface area contributed by atoms with E-state index in [1.807, 2.05) is 61.5 Å². The van der Waals surface area contributed by atoms with E-state index in [1.54, 1.807) is 6.07 Å². The van der Waals surface area contributed by atoms with Crippen LogP contribution in [0.1, 0.15) is 22.3 Å². The molecule has 0 unspecified atom stereocenters. The summed E-state index contributed by atoms with van der Waals surface area (Å²) in [4.78, 5) is 37.3. The summed E-state index contributed by atoms with van der Waals surface area (Å²) in [7, 11) is 0. The van der Waals surface area contributed by atoms with Crippen molar-refractivity contribution < 1.29 is 19.2 Å². The molecule has 8 heteroatoms. The van der Waals surface area contributed by atoms with Gasteiger partial charge in [-0.15, -0.1) is 0 Å². The largest absolute Gasteiger partial charge is 0.482 e. The summed E-state index contributed by atoms with van der Waals surface area (Å²) in [5.41, 5.74) is 2.96. The van der Waals surface area contributed by atoms with Crippen molar-refractivity contribution in [1.29, 1.82) is 0 Å². The molecule has 1 heterocycles. The lowest BCUT2D eigenvalue weighted by Gasteiger charge is -2.12. The molecule has 166 valence electrons. The van der Waals surface area contributed by atoms with Gasteiger partial charge in [0, 0.05) is 6.07 Å². The molecule has 3 aromatic carbocycles. The van der Waals surface area contributed by atoms with Gasteiger partial charge in [-0.1, -0.05) is 66.2 Å². The number of hydrogen-bond acceptors (Lipinski definition) is 5. The predicted octanol–water partition coefficient (Wildman–Crippen LogP) is 4.58. The number of aryl methyl sites for hydroxylation is 1. The van der Waals surface area contributed by atoms with Crippen molar-refractivity contribution in [2.75, 3.05) is 0 Å². The van der Waals surface area contributed by atoms with Crippen molar-refractivity contribution in [3.63, 3.8) is 0 Å². The van der Waals surface area contributed by atoms with E-state index in [4.69, 9.17) is 4.74 Å². The number of nitrogens with zero attached hydrogens (tertiary/aromatic N) is 2. The van der Waals surface area contributed by atoms with Crippen LogP contribution in [0.4, 0.5) is 10.5 Å². The van der Waals surface area contributed by atoms with Crippen LogP contribution in [-0.4, -0.2) is 21.8 Å². The number of amides is 3. The van der Waals surface area contributed by atoms with Crippen molar-refractivity contribution >= 4 is 23.7 Å². The molecule has 1 aliphatic heterocycles. The Morgan fingerprint density at radius 3 is 2.48 bits per heavy atom. The lowest BCUT2D eigenvalue weighted by Crippen LogP contribution is -2.30. The summed E-state index contributed by atoms with van der Waals surface area (Å²) in [5, 5.41) is 14.1. The van der Waals surface area contributed by atoms with Crippen LogP contribution < -0.4 is 10.1 Å². The number of nitro groups is 1. The van der Waals surface area contributed by atoms with Crippen LogP contribution in [0.3, 0.4) is 0 Å². The molecule has 0 atom stereocenters. The normalized spacial score (nSPS) is 14.5. The van der Waals surface area contributed by atoms with E-state index in [2.05, 4.69) is 5.32 Å². The smallest absolute Gasteiger partial charge is 0.329 e. The summed E-state index contributed by atoms with van der Waals surface area (Å²) in [6, 6.07) is 20.7. The summed E-state index contributed by atoms with van der Waals surface area (Å²) < 4.78 is 5.63. The molecule has 0 aliphatic carbocycles. The minimum absolute atomic E-state index is 0.0555. The lowest BCUT2D eigenvalue weighted by atomic mass is 10.1. The number of carbonyl (C=O) groups is 2. The number of urea groups is 1. The highest BCUT2D eigenvalue weighted by atomic mass is 16.6. The van der Waals surface area contributed by atoms with Crippen LogP contribution in [-0.2, 0) is 17.9 Å². The number of ether oxygens (including phenoxy) is 1. The Labute approximate surface area is 190 Å². The fraction of sp³-hybridized carbons (Fsp3) is 0.120. The summed E-state index contributed by atoms with van der Waals surface area (Å²) in [5.74, 6) is -0.373. The molecule has 1 fully saturated rings. The van der Waals surface area contributed by atoms with E-state index < -0.39 is 16.9 Å². The zero-order valence-corrected chi connectivity index (χ0v) is 17.9. The summed E-state index contributed by atoms with van der Waals surface area (Å²) >= 11 is 0. The molecule has 3 amide bonds. The molecule has 0 bridgehead atoms. The molecule has 0 saturated carbocycles. The summed E-state index contributed by atoms with van der Waals surface area (Å²) in [6.07, 6.45) is 1.42. The van der Waals surface area contributed by atoms with Gasteiger partial charge in [-0.25, -0.2) is 4.79 Å². The fourth-order valence-corrected chi connectivity index (χ4v) is 3.50. The van der Waals surface area contributed by atoms with Crippen molar-refractivity contribution in [2.45, 2.75) is 20.1 Å². The molecular weight excluding hydrogens is 422 g/mol. The number of hydrogen-bond donors (Lipinski definition) is 1. The molecule has 3 aromatic rings. The minimum atomic E-state index is -0.540. The molecule has 33 heavy (non-hydrogen) atoms. The third kappa shape index (κ3) is 5.07. The Bertz CT molecular complexity index is 1250. The number of benzene rings is 3. The van der Waals surface area contributed by atoms with Gasteiger partial charge in [-0.3, -0.25) is 19.8 Å². The Kier molecular flexibility index (Phi) is 6.17. The van der Waals surface area contributed by atoms with Crippen molar-refractivity contribution in [2.24, 2.45) is 0 Å². The number of rotatable bonds is 7. The number of nitro benzene ring substituents is 1. The fourth-order valence-electron chi connectivity index (χ4n) is 3.50. The maximum absolute atomic E-state index is 12.8. The maximum Gasteiger partial charge on any atom is 0.329 e. The van der Waals surface area contributed by atoms with Crippen LogP contribution in [0.5, 0.6) is 5.75 Å². The topological polar surface area (TPSA) is 102 Å². The second-order valence-electron chi connectivity index (χ2n) is 7.63. The van der Waals surface area contributed by atoms with Gasteiger partial charge >= 0.3 is 11.7 Å². The first kappa shape index (κ1) is 21.8. The molecule has 0 aromatic heterocycles. The average Bonchev–Trinajstić information content (AvgIpc) is 3.06. The molecule has 8 nitrogen and oxygen atoms in total. The van der Waals surface area contributed by atoms with Gasteiger partial charge < -0.3 is 10.1 Å².